The van der Waals surface area contributed by atoms with Crippen LogP contribution in [-0.2, 0) is 47.7 Å². The molecule has 0 saturated carbocycles. The second kappa shape index (κ2) is 12.5. The number of carbonyl (C=O) groups is 4. The topological polar surface area (TPSA) is 145 Å². The normalized spacial score (nSPS) is 24.1. The van der Waals surface area contributed by atoms with Crippen LogP contribution in [0.5, 0.6) is 5.75 Å². The van der Waals surface area contributed by atoms with Gasteiger partial charge in [-0.1, -0.05) is 5.16 Å². The van der Waals surface area contributed by atoms with Gasteiger partial charge in [0.05, 0.1) is 6.21 Å². The molecule has 5 atom stereocenters. The Bertz CT molecular complexity index is 899. The zero-order valence-corrected chi connectivity index (χ0v) is 19.4. The molecule has 0 bridgehead atoms. The van der Waals surface area contributed by atoms with Crippen LogP contribution in [0.25, 0.3) is 0 Å². The van der Waals surface area contributed by atoms with Gasteiger partial charge in [0.1, 0.15) is 25.6 Å². The zero-order valence-electron chi connectivity index (χ0n) is 19.4. The molecule has 1 aliphatic heterocycles. The molecule has 0 amide bonds. The summed E-state index contributed by atoms with van der Waals surface area (Å²) in [5, 5.41) is 3.67. The van der Waals surface area contributed by atoms with E-state index in [0.29, 0.717) is 5.75 Å². The Kier molecular flexibility index (Phi) is 9.80. The monoisotopic (exact) mass is 481 g/mol. The van der Waals surface area contributed by atoms with Gasteiger partial charge in [0, 0.05) is 27.7 Å². The maximum atomic E-state index is 11.8. The van der Waals surface area contributed by atoms with E-state index in [9.17, 15) is 19.2 Å². The van der Waals surface area contributed by atoms with Crippen molar-refractivity contribution in [2.24, 2.45) is 5.16 Å². The number of benzene rings is 1. The second-order valence-electron chi connectivity index (χ2n) is 7.17. The van der Waals surface area contributed by atoms with Crippen molar-refractivity contribution in [3.05, 3.63) is 29.8 Å². The highest BCUT2D eigenvalue weighted by molar-refractivity contribution is 5.79. The Balaban J connectivity index is 2.40. The standard InChI is InChI=1S/C22H27NO11/c1-12(24)29-11-18-19(30-13(2)25)20(31-14(3)26)21(32-15(4)27)22(34-18)33-17-8-6-16(7-9-17)10-23-28-5/h6-10,18-22H,11H2,1-5H3/b23-10+. The molecule has 0 radical (unpaired) electrons. The van der Waals surface area contributed by atoms with Gasteiger partial charge in [-0.3, -0.25) is 19.2 Å². The fourth-order valence-corrected chi connectivity index (χ4v) is 3.16. The summed E-state index contributed by atoms with van der Waals surface area (Å²) in [4.78, 5) is 51.4. The van der Waals surface area contributed by atoms with Gasteiger partial charge in [0.25, 0.3) is 0 Å². The van der Waals surface area contributed by atoms with Gasteiger partial charge in [0.15, 0.2) is 12.2 Å². The number of carbonyl (C=O) groups excluding carboxylic acids is 4. The van der Waals surface area contributed by atoms with Gasteiger partial charge >= 0.3 is 23.9 Å². The van der Waals surface area contributed by atoms with Crippen molar-refractivity contribution in [3.8, 4) is 5.75 Å². The molecule has 5 unspecified atom stereocenters. The molecule has 1 aliphatic rings. The maximum absolute atomic E-state index is 11.8. The van der Waals surface area contributed by atoms with Crippen molar-refractivity contribution in [3.63, 3.8) is 0 Å². The summed E-state index contributed by atoms with van der Waals surface area (Å²) in [7, 11) is 1.42. The lowest BCUT2D eigenvalue weighted by molar-refractivity contribution is -0.288. The first kappa shape index (κ1) is 26.6. The van der Waals surface area contributed by atoms with Gasteiger partial charge in [-0.25, -0.2) is 0 Å². The van der Waals surface area contributed by atoms with Crippen LogP contribution in [0.4, 0.5) is 0 Å². The largest absolute Gasteiger partial charge is 0.463 e. The molecule has 2 rings (SSSR count). The van der Waals surface area contributed by atoms with Crippen LogP contribution in [0.2, 0.25) is 0 Å². The smallest absolute Gasteiger partial charge is 0.303 e. The summed E-state index contributed by atoms with van der Waals surface area (Å²) in [6.45, 7) is 4.28. The van der Waals surface area contributed by atoms with Gasteiger partial charge in [-0.15, -0.1) is 0 Å². The van der Waals surface area contributed by atoms with Crippen LogP contribution < -0.4 is 4.74 Å². The second-order valence-corrected chi connectivity index (χ2v) is 7.17. The summed E-state index contributed by atoms with van der Waals surface area (Å²) in [5.74, 6) is -2.45. The summed E-state index contributed by atoms with van der Waals surface area (Å²) in [5.41, 5.74) is 0.718. The van der Waals surface area contributed by atoms with Crippen LogP contribution in [0.15, 0.2) is 29.4 Å². The van der Waals surface area contributed by atoms with E-state index in [-0.39, 0.29) is 6.61 Å². The zero-order chi connectivity index (χ0) is 25.3. The van der Waals surface area contributed by atoms with Crippen molar-refractivity contribution in [1.29, 1.82) is 0 Å². The average molecular weight is 481 g/mol. The minimum Gasteiger partial charge on any atom is -0.463 e. The molecule has 1 heterocycles. The first-order valence-corrected chi connectivity index (χ1v) is 10.2. The maximum Gasteiger partial charge on any atom is 0.303 e. The molecule has 34 heavy (non-hydrogen) atoms. The first-order chi connectivity index (χ1) is 16.1. The summed E-state index contributed by atoms with van der Waals surface area (Å²) < 4.78 is 32.8. The minimum atomic E-state index is -1.31. The molecule has 12 heteroatoms. The Morgan fingerprint density at radius 2 is 1.41 bits per heavy atom. The third-order valence-corrected chi connectivity index (χ3v) is 4.39. The van der Waals surface area contributed by atoms with Crippen molar-refractivity contribution >= 4 is 30.1 Å². The SMILES string of the molecule is CO/N=C/c1ccc(OC2OC(COC(C)=O)C(OC(C)=O)C(OC(C)=O)C2OC(C)=O)cc1. The van der Waals surface area contributed by atoms with E-state index in [2.05, 4.69) is 9.99 Å². The van der Waals surface area contributed by atoms with Crippen molar-refractivity contribution in [2.45, 2.75) is 58.4 Å². The fourth-order valence-electron chi connectivity index (χ4n) is 3.16. The van der Waals surface area contributed by atoms with E-state index >= 15 is 0 Å². The lowest BCUT2D eigenvalue weighted by Crippen LogP contribution is -2.63. The molecule has 0 N–H and O–H groups in total. The number of ether oxygens (including phenoxy) is 6. The Labute approximate surface area is 196 Å². The van der Waals surface area contributed by atoms with Crippen LogP contribution in [0, 0.1) is 0 Å². The quantitative estimate of drug-likeness (QED) is 0.216. The summed E-state index contributed by atoms with van der Waals surface area (Å²) >= 11 is 0. The molecule has 186 valence electrons. The van der Waals surface area contributed by atoms with Gasteiger partial charge in [-0.05, 0) is 29.8 Å². The minimum absolute atomic E-state index is 0.315. The highest BCUT2D eigenvalue weighted by atomic mass is 16.7. The third kappa shape index (κ3) is 8.03. The lowest BCUT2D eigenvalue weighted by atomic mass is 9.98. The third-order valence-electron chi connectivity index (χ3n) is 4.39. The first-order valence-electron chi connectivity index (χ1n) is 10.2. The van der Waals surface area contributed by atoms with Gasteiger partial charge < -0.3 is 33.3 Å². The van der Waals surface area contributed by atoms with Crippen molar-refractivity contribution in [1.82, 2.24) is 0 Å². The number of esters is 4. The lowest BCUT2D eigenvalue weighted by Gasteiger charge is -2.43. The van der Waals surface area contributed by atoms with E-state index < -0.39 is 54.6 Å². The van der Waals surface area contributed by atoms with Crippen molar-refractivity contribution < 1.29 is 52.4 Å². The molecular formula is C22H27NO11. The molecule has 1 fully saturated rings. The van der Waals surface area contributed by atoms with Crippen LogP contribution >= 0.6 is 0 Å². The van der Waals surface area contributed by atoms with Crippen LogP contribution in [-0.4, -0.2) is 74.5 Å². The molecule has 1 saturated heterocycles. The van der Waals surface area contributed by atoms with Crippen LogP contribution in [0.1, 0.15) is 33.3 Å². The molecule has 0 aromatic heterocycles. The average Bonchev–Trinajstić information content (AvgIpc) is 2.75. The summed E-state index contributed by atoms with van der Waals surface area (Å²) in [6, 6.07) is 6.57. The molecular weight excluding hydrogens is 454 g/mol. The molecule has 1 aromatic rings. The van der Waals surface area contributed by atoms with E-state index in [1.165, 1.54) is 20.2 Å². The number of nitrogens with zero attached hydrogens (tertiary/aromatic N) is 1. The van der Waals surface area contributed by atoms with E-state index in [4.69, 9.17) is 28.4 Å². The predicted molar refractivity (Wildman–Crippen MR) is 114 cm³/mol. The van der Waals surface area contributed by atoms with E-state index in [0.717, 1.165) is 26.3 Å². The molecule has 0 aliphatic carbocycles. The molecule has 1 aromatic carbocycles. The fraction of sp³-hybridized carbons (Fsp3) is 0.500. The van der Waals surface area contributed by atoms with E-state index in [1.54, 1.807) is 24.3 Å². The molecule has 12 nitrogen and oxygen atoms in total. The van der Waals surface area contributed by atoms with Gasteiger partial charge in [-0.2, -0.15) is 0 Å². The van der Waals surface area contributed by atoms with Gasteiger partial charge in [0.2, 0.25) is 12.4 Å². The molecule has 0 spiro atoms. The Hall–Kier alpha value is -3.67. The van der Waals surface area contributed by atoms with Crippen LogP contribution in [0.3, 0.4) is 0 Å². The summed E-state index contributed by atoms with van der Waals surface area (Å²) in [6.07, 6.45) is -4.79. The highest BCUT2D eigenvalue weighted by Gasteiger charge is 2.53. The number of oxime groups is 1. The number of hydrogen-bond acceptors (Lipinski definition) is 12. The van der Waals surface area contributed by atoms with E-state index in [1.807, 2.05) is 0 Å². The van der Waals surface area contributed by atoms with Crippen molar-refractivity contribution in [2.75, 3.05) is 13.7 Å². The number of hydrogen-bond donors (Lipinski definition) is 0. The Morgan fingerprint density at radius 1 is 0.853 bits per heavy atom. The Morgan fingerprint density at radius 3 is 1.94 bits per heavy atom. The predicted octanol–water partition coefficient (Wildman–Crippen LogP) is 1.13. The highest BCUT2D eigenvalue weighted by Crippen LogP contribution is 2.31. The number of rotatable bonds is 9.